The number of benzene rings is 2. The van der Waals surface area contributed by atoms with Crippen LogP contribution in [-0.2, 0) is 0 Å². The lowest BCUT2D eigenvalue weighted by Crippen LogP contribution is -2.12. The maximum Gasteiger partial charge on any atom is 0.270 e. The maximum absolute atomic E-state index is 12.5. The van der Waals surface area contributed by atoms with Gasteiger partial charge in [-0.15, -0.1) is 0 Å². The second kappa shape index (κ2) is 7.09. The lowest BCUT2D eigenvalue weighted by Gasteiger charge is -2.06. The molecule has 0 atom stereocenters. The average molecular weight is 395 g/mol. The molecule has 0 aliphatic rings. The number of hydrogen-bond acceptors (Lipinski definition) is 6. The van der Waals surface area contributed by atoms with Crippen LogP contribution >= 0.6 is 11.6 Å². The fourth-order valence-corrected chi connectivity index (χ4v) is 2.83. The first-order chi connectivity index (χ1) is 13.5. The van der Waals surface area contributed by atoms with Crippen molar-refractivity contribution in [2.24, 2.45) is 0 Å². The molecule has 4 rings (SSSR count). The van der Waals surface area contributed by atoms with Gasteiger partial charge in [-0.3, -0.25) is 19.9 Å². The van der Waals surface area contributed by atoms with Crippen molar-refractivity contribution in [2.45, 2.75) is 0 Å². The molecule has 0 radical (unpaired) electrons. The van der Waals surface area contributed by atoms with Gasteiger partial charge in [-0.2, -0.15) is 0 Å². The van der Waals surface area contributed by atoms with E-state index in [4.69, 9.17) is 16.0 Å². The van der Waals surface area contributed by atoms with Gasteiger partial charge in [0, 0.05) is 35.8 Å². The summed E-state index contributed by atoms with van der Waals surface area (Å²) in [5, 5.41) is 13.7. The number of pyridine rings is 1. The zero-order chi connectivity index (χ0) is 19.7. The summed E-state index contributed by atoms with van der Waals surface area (Å²) in [4.78, 5) is 31.2. The summed E-state index contributed by atoms with van der Waals surface area (Å²) in [6.45, 7) is 0. The van der Waals surface area contributed by atoms with Crippen LogP contribution in [0.4, 0.5) is 11.4 Å². The quantitative estimate of drug-likeness (QED) is 0.396. The molecular formula is C19H11ClN4O4. The number of amides is 1. The van der Waals surface area contributed by atoms with Crippen LogP contribution in [-0.4, -0.2) is 20.8 Å². The smallest absolute Gasteiger partial charge is 0.270 e. The number of nitro benzene ring substituents is 1. The Morgan fingerprint density at radius 1 is 1.11 bits per heavy atom. The Bertz CT molecular complexity index is 1210. The molecule has 0 saturated carbocycles. The minimum Gasteiger partial charge on any atom is -0.436 e. The van der Waals surface area contributed by atoms with E-state index >= 15 is 0 Å². The number of nitro groups is 1. The topological polar surface area (TPSA) is 111 Å². The van der Waals surface area contributed by atoms with E-state index in [0.29, 0.717) is 22.7 Å². The largest absolute Gasteiger partial charge is 0.436 e. The first-order valence-electron chi connectivity index (χ1n) is 8.07. The van der Waals surface area contributed by atoms with Crippen LogP contribution in [0, 0.1) is 10.1 Å². The minimum atomic E-state index is -0.588. The Hall–Kier alpha value is -3.78. The Balaban J connectivity index is 1.62. The summed E-state index contributed by atoms with van der Waals surface area (Å²) in [6.07, 6.45) is 3.28. The van der Waals surface area contributed by atoms with Crippen molar-refractivity contribution in [1.29, 1.82) is 0 Å². The standard InChI is InChI=1S/C19H11ClN4O4/c20-15-3-2-13(24(26)27)10-14(15)18(25)22-12-1-4-17-16(9-12)23-19(28-17)11-5-7-21-8-6-11/h1-10H,(H,22,25). The molecule has 138 valence electrons. The van der Waals surface area contributed by atoms with Crippen molar-refractivity contribution in [1.82, 2.24) is 9.97 Å². The molecule has 2 aromatic carbocycles. The number of oxazole rings is 1. The molecule has 0 fully saturated rings. The summed E-state index contributed by atoms with van der Waals surface area (Å²) < 4.78 is 5.71. The number of nitrogens with zero attached hydrogens (tertiary/aromatic N) is 3. The van der Waals surface area contributed by atoms with Crippen LogP contribution < -0.4 is 5.32 Å². The predicted molar refractivity (Wildman–Crippen MR) is 103 cm³/mol. The summed E-state index contributed by atoms with van der Waals surface area (Å²) in [5.41, 5.74) is 2.12. The Labute approximate surface area is 162 Å². The Morgan fingerprint density at radius 3 is 2.64 bits per heavy atom. The third-order valence-electron chi connectivity index (χ3n) is 3.98. The number of aromatic nitrogens is 2. The molecule has 0 spiro atoms. The van der Waals surface area contributed by atoms with Crippen LogP contribution in [0.25, 0.3) is 22.6 Å². The van der Waals surface area contributed by atoms with E-state index < -0.39 is 10.8 Å². The van der Waals surface area contributed by atoms with Crippen LogP contribution in [0.1, 0.15) is 10.4 Å². The SMILES string of the molecule is O=C(Nc1ccc2oc(-c3ccncc3)nc2c1)c1cc([N+](=O)[O-])ccc1Cl. The highest BCUT2D eigenvalue weighted by Crippen LogP contribution is 2.27. The third-order valence-corrected chi connectivity index (χ3v) is 4.31. The van der Waals surface area contributed by atoms with Crippen LogP contribution in [0.15, 0.2) is 65.3 Å². The van der Waals surface area contributed by atoms with E-state index in [2.05, 4.69) is 15.3 Å². The van der Waals surface area contributed by atoms with Gasteiger partial charge in [-0.25, -0.2) is 4.98 Å². The van der Waals surface area contributed by atoms with Gasteiger partial charge in [0.25, 0.3) is 11.6 Å². The fraction of sp³-hybridized carbons (Fsp3) is 0. The van der Waals surface area contributed by atoms with E-state index in [1.54, 1.807) is 42.7 Å². The van der Waals surface area contributed by atoms with Gasteiger partial charge in [0.1, 0.15) is 5.52 Å². The number of hydrogen-bond donors (Lipinski definition) is 1. The Kier molecular flexibility index (Phi) is 4.46. The lowest BCUT2D eigenvalue weighted by molar-refractivity contribution is -0.384. The molecule has 0 unspecified atom stereocenters. The molecule has 2 aromatic heterocycles. The number of anilines is 1. The highest BCUT2D eigenvalue weighted by molar-refractivity contribution is 6.34. The molecular weight excluding hydrogens is 384 g/mol. The average Bonchev–Trinajstić information content (AvgIpc) is 3.12. The maximum atomic E-state index is 12.5. The molecule has 0 aliphatic heterocycles. The number of nitrogens with one attached hydrogen (secondary N) is 1. The monoisotopic (exact) mass is 394 g/mol. The minimum absolute atomic E-state index is 0.00795. The van der Waals surface area contributed by atoms with Gasteiger partial charge in [-0.05, 0) is 36.4 Å². The predicted octanol–water partition coefficient (Wildman–Crippen LogP) is 4.70. The fourth-order valence-electron chi connectivity index (χ4n) is 2.62. The summed E-state index contributed by atoms with van der Waals surface area (Å²) in [5.74, 6) is -0.131. The van der Waals surface area contributed by atoms with E-state index in [1.807, 2.05) is 0 Å². The molecule has 0 bridgehead atoms. The van der Waals surface area contributed by atoms with Crippen molar-refractivity contribution in [3.05, 3.63) is 81.6 Å². The van der Waals surface area contributed by atoms with Gasteiger partial charge in [0.05, 0.1) is 15.5 Å². The number of carbonyl (C=O) groups excluding carboxylic acids is 1. The Morgan fingerprint density at radius 2 is 1.89 bits per heavy atom. The van der Waals surface area contributed by atoms with Crippen molar-refractivity contribution in [3.8, 4) is 11.5 Å². The van der Waals surface area contributed by atoms with Gasteiger partial charge in [0.15, 0.2) is 5.58 Å². The second-order valence-corrected chi connectivity index (χ2v) is 6.22. The number of rotatable bonds is 4. The van der Waals surface area contributed by atoms with E-state index in [9.17, 15) is 14.9 Å². The van der Waals surface area contributed by atoms with Crippen molar-refractivity contribution in [3.63, 3.8) is 0 Å². The molecule has 4 aromatic rings. The zero-order valence-corrected chi connectivity index (χ0v) is 14.9. The van der Waals surface area contributed by atoms with Crippen molar-refractivity contribution >= 4 is 40.0 Å². The van der Waals surface area contributed by atoms with Gasteiger partial charge < -0.3 is 9.73 Å². The molecule has 2 heterocycles. The first-order valence-corrected chi connectivity index (χ1v) is 8.45. The summed E-state index contributed by atoms with van der Waals surface area (Å²) in [7, 11) is 0. The van der Waals surface area contributed by atoms with E-state index in [1.165, 1.54) is 12.1 Å². The molecule has 8 nitrogen and oxygen atoms in total. The molecule has 0 aliphatic carbocycles. The molecule has 28 heavy (non-hydrogen) atoms. The van der Waals surface area contributed by atoms with Gasteiger partial charge in [0.2, 0.25) is 5.89 Å². The molecule has 1 N–H and O–H groups in total. The van der Waals surface area contributed by atoms with E-state index in [0.717, 1.165) is 11.6 Å². The van der Waals surface area contributed by atoms with Crippen molar-refractivity contribution in [2.75, 3.05) is 5.32 Å². The molecule has 0 saturated heterocycles. The second-order valence-electron chi connectivity index (χ2n) is 5.81. The summed E-state index contributed by atoms with van der Waals surface area (Å²) >= 11 is 6.01. The number of non-ortho nitro benzene ring substituents is 1. The number of halogens is 1. The van der Waals surface area contributed by atoms with E-state index in [-0.39, 0.29) is 16.3 Å². The third kappa shape index (κ3) is 3.40. The van der Waals surface area contributed by atoms with Crippen LogP contribution in [0.5, 0.6) is 0 Å². The normalized spacial score (nSPS) is 10.8. The van der Waals surface area contributed by atoms with Crippen LogP contribution in [0.3, 0.4) is 0 Å². The number of fused-ring (bicyclic) bond motifs is 1. The van der Waals surface area contributed by atoms with Crippen LogP contribution in [0.2, 0.25) is 5.02 Å². The van der Waals surface area contributed by atoms with Crippen molar-refractivity contribution < 1.29 is 14.1 Å². The summed E-state index contributed by atoms with van der Waals surface area (Å²) in [6, 6.07) is 12.2. The van der Waals surface area contributed by atoms with Gasteiger partial charge in [-0.1, -0.05) is 11.6 Å². The number of carbonyl (C=O) groups is 1. The molecule has 9 heteroatoms. The highest BCUT2D eigenvalue weighted by atomic mass is 35.5. The highest BCUT2D eigenvalue weighted by Gasteiger charge is 2.17. The van der Waals surface area contributed by atoms with Gasteiger partial charge >= 0.3 is 0 Å². The lowest BCUT2D eigenvalue weighted by atomic mass is 10.2. The molecule has 1 amide bonds. The zero-order valence-electron chi connectivity index (χ0n) is 14.1. The first kappa shape index (κ1) is 17.6.